The maximum Gasteiger partial charge on any atom is 0.311 e. The zero-order valence-electron chi connectivity index (χ0n) is 12.7. The normalized spacial score (nSPS) is 28.2. The monoisotopic (exact) mass is 298 g/mol. The standard InChI is InChI=1S/C15H26N2O4/c1-2-4-15(5-3-8-17-15)12(18)16-11-14(13(19)20)6-9-21-10-7-14/h17H,2-11H2,1H3,(H,16,18)(H,19,20). The maximum atomic E-state index is 12.6. The molecule has 2 rings (SSSR count). The van der Waals surface area contributed by atoms with Gasteiger partial charge in [-0.1, -0.05) is 13.3 Å². The summed E-state index contributed by atoms with van der Waals surface area (Å²) in [7, 11) is 0. The van der Waals surface area contributed by atoms with Gasteiger partial charge in [0.15, 0.2) is 0 Å². The smallest absolute Gasteiger partial charge is 0.311 e. The van der Waals surface area contributed by atoms with Crippen LogP contribution in [0.3, 0.4) is 0 Å². The molecule has 21 heavy (non-hydrogen) atoms. The number of rotatable bonds is 6. The van der Waals surface area contributed by atoms with Gasteiger partial charge in [-0.05, 0) is 38.6 Å². The van der Waals surface area contributed by atoms with Crippen LogP contribution in [-0.2, 0) is 14.3 Å². The minimum Gasteiger partial charge on any atom is -0.481 e. The highest BCUT2D eigenvalue weighted by Gasteiger charge is 2.44. The Bertz CT molecular complexity index is 385. The van der Waals surface area contributed by atoms with E-state index in [4.69, 9.17) is 4.74 Å². The van der Waals surface area contributed by atoms with E-state index in [0.29, 0.717) is 26.1 Å². The molecular formula is C15H26N2O4. The summed E-state index contributed by atoms with van der Waals surface area (Å²) in [6.45, 7) is 4.00. The van der Waals surface area contributed by atoms with Crippen molar-refractivity contribution in [1.29, 1.82) is 0 Å². The Kier molecular flexibility index (Phi) is 5.22. The van der Waals surface area contributed by atoms with Crippen molar-refractivity contribution < 1.29 is 19.4 Å². The van der Waals surface area contributed by atoms with Crippen molar-refractivity contribution >= 4 is 11.9 Å². The summed E-state index contributed by atoms with van der Waals surface area (Å²) in [4.78, 5) is 24.2. The van der Waals surface area contributed by atoms with E-state index in [1.807, 2.05) is 0 Å². The van der Waals surface area contributed by atoms with E-state index < -0.39 is 16.9 Å². The minimum atomic E-state index is -0.875. The fourth-order valence-electron chi connectivity index (χ4n) is 3.40. The molecule has 0 radical (unpaired) electrons. The predicted octanol–water partition coefficient (Wildman–Crippen LogP) is 0.906. The summed E-state index contributed by atoms with van der Waals surface area (Å²) in [5.41, 5.74) is -1.38. The van der Waals surface area contributed by atoms with Crippen LogP contribution in [0.1, 0.15) is 45.4 Å². The number of amides is 1. The topological polar surface area (TPSA) is 87.7 Å². The number of hydrogen-bond donors (Lipinski definition) is 3. The highest BCUT2D eigenvalue weighted by molar-refractivity contribution is 5.87. The summed E-state index contributed by atoms with van der Waals surface area (Å²) >= 11 is 0. The molecular weight excluding hydrogens is 272 g/mol. The van der Waals surface area contributed by atoms with Gasteiger partial charge in [-0.25, -0.2) is 0 Å². The first kappa shape index (κ1) is 16.2. The van der Waals surface area contributed by atoms with Crippen LogP contribution in [0.5, 0.6) is 0 Å². The van der Waals surface area contributed by atoms with Gasteiger partial charge in [0.2, 0.25) is 5.91 Å². The van der Waals surface area contributed by atoms with Crippen molar-refractivity contribution in [3.8, 4) is 0 Å². The van der Waals surface area contributed by atoms with Crippen molar-refractivity contribution in [2.45, 2.75) is 51.0 Å². The average molecular weight is 298 g/mol. The molecule has 120 valence electrons. The molecule has 2 aliphatic rings. The van der Waals surface area contributed by atoms with E-state index in [1.54, 1.807) is 0 Å². The predicted molar refractivity (Wildman–Crippen MR) is 78.0 cm³/mol. The van der Waals surface area contributed by atoms with E-state index in [-0.39, 0.29) is 12.5 Å². The molecule has 1 unspecified atom stereocenters. The number of carbonyl (C=O) groups excluding carboxylic acids is 1. The first-order valence-electron chi connectivity index (χ1n) is 7.89. The first-order valence-corrected chi connectivity index (χ1v) is 7.89. The van der Waals surface area contributed by atoms with Gasteiger partial charge in [0.05, 0.1) is 11.0 Å². The number of ether oxygens (including phenoxy) is 1. The number of nitrogens with one attached hydrogen (secondary N) is 2. The Labute approximate surface area is 125 Å². The number of carboxylic acids is 1. The van der Waals surface area contributed by atoms with Crippen molar-refractivity contribution in [3.05, 3.63) is 0 Å². The van der Waals surface area contributed by atoms with Crippen LogP contribution < -0.4 is 10.6 Å². The summed E-state index contributed by atoms with van der Waals surface area (Å²) in [6.07, 6.45) is 4.45. The van der Waals surface area contributed by atoms with Crippen molar-refractivity contribution in [2.24, 2.45) is 5.41 Å². The van der Waals surface area contributed by atoms with Crippen molar-refractivity contribution in [2.75, 3.05) is 26.3 Å². The molecule has 3 N–H and O–H groups in total. The highest BCUT2D eigenvalue weighted by atomic mass is 16.5. The molecule has 0 aliphatic carbocycles. The van der Waals surface area contributed by atoms with Gasteiger partial charge >= 0.3 is 5.97 Å². The Morgan fingerprint density at radius 3 is 2.52 bits per heavy atom. The van der Waals surface area contributed by atoms with E-state index in [0.717, 1.165) is 32.2 Å². The van der Waals surface area contributed by atoms with Gasteiger partial charge < -0.3 is 20.5 Å². The third kappa shape index (κ3) is 3.37. The van der Waals surface area contributed by atoms with Gasteiger partial charge in [-0.2, -0.15) is 0 Å². The quantitative estimate of drug-likeness (QED) is 0.678. The summed E-state index contributed by atoms with van der Waals surface area (Å²) in [5.74, 6) is -0.885. The Balaban J connectivity index is 1.99. The highest BCUT2D eigenvalue weighted by Crippen LogP contribution is 2.31. The number of hydrogen-bond acceptors (Lipinski definition) is 4. The molecule has 1 amide bonds. The van der Waals surface area contributed by atoms with E-state index in [2.05, 4.69) is 17.6 Å². The van der Waals surface area contributed by atoms with Crippen LogP contribution >= 0.6 is 0 Å². The van der Waals surface area contributed by atoms with Gasteiger partial charge in [0.25, 0.3) is 0 Å². The third-order valence-electron chi connectivity index (χ3n) is 4.85. The van der Waals surface area contributed by atoms with E-state index in [9.17, 15) is 14.7 Å². The van der Waals surface area contributed by atoms with E-state index >= 15 is 0 Å². The Morgan fingerprint density at radius 1 is 1.29 bits per heavy atom. The minimum absolute atomic E-state index is 0.0473. The second kappa shape index (κ2) is 6.75. The fourth-order valence-corrected chi connectivity index (χ4v) is 3.40. The molecule has 6 heteroatoms. The van der Waals surface area contributed by atoms with Crippen LogP contribution in [0.25, 0.3) is 0 Å². The zero-order chi connectivity index (χ0) is 15.3. The van der Waals surface area contributed by atoms with Crippen molar-refractivity contribution in [3.63, 3.8) is 0 Å². The molecule has 0 bridgehead atoms. The summed E-state index contributed by atoms with van der Waals surface area (Å²) in [6, 6.07) is 0. The third-order valence-corrected chi connectivity index (χ3v) is 4.85. The number of aliphatic carboxylic acids is 1. The largest absolute Gasteiger partial charge is 0.481 e. The molecule has 1 atom stereocenters. The SMILES string of the molecule is CCCC1(C(=O)NCC2(C(=O)O)CCOCC2)CCCN1. The number of carbonyl (C=O) groups is 2. The van der Waals surface area contributed by atoms with Crippen molar-refractivity contribution in [1.82, 2.24) is 10.6 Å². The van der Waals surface area contributed by atoms with Crippen LogP contribution in [0, 0.1) is 5.41 Å². The lowest BCUT2D eigenvalue weighted by atomic mass is 9.79. The average Bonchev–Trinajstić information content (AvgIpc) is 2.96. The van der Waals surface area contributed by atoms with Crippen LogP contribution in [0.4, 0.5) is 0 Å². The summed E-state index contributed by atoms with van der Waals surface area (Å²) in [5, 5.41) is 15.7. The van der Waals surface area contributed by atoms with Crippen LogP contribution in [0.2, 0.25) is 0 Å². The molecule has 0 aromatic carbocycles. The van der Waals surface area contributed by atoms with Crippen LogP contribution in [0.15, 0.2) is 0 Å². The Hall–Kier alpha value is -1.14. The van der Waals surface area contributed by atoms with Crippen LogP contribution in [-0.4, -0.2) is 48.8 Å². The molecule has 0 aromatic rings. The lowest BCUT2D eigenvalue weighted by molar-refractivity contribution is -0.155. The summed E-state index contributed by atoms with van der Waals surface area (Å²) < 4.78 is 5.25. The maximum absolute atomic E-state index is 12.6. The molecule has 2 aliphatic heterocycles. The lowest BCUT2D eigenvalue weighted by Gasteiger charge is -2.35. The molecule has 2 heterocycles. The first-order chi connectivity index (χ1) is 10.0. The number of carboxylic acid groups (broad SMARTS) is 1. The van der Waals surface area contributed by atoms with Gasteiger partial charge in [-0.15, -0.1) is 0 Å². The molecule has 2 fully saturated rings. The van der Waals surface area contributed by atoms with Gasteiger partial charge in [0.1, 0.15) is 0 Å². The second-order valence-corrected chi connectivity index (χ2v) is 6.24. The molecule has 0 spiro atoms. The lowest BCUT2D eigenvalue weighted by Crippen LogP contribution is -2.56. The Morgan fingerprint density at radius 2 is 2.00 bits per heavy atom. The van der Waals surface area contributed by atoms with Gasteiger partial charge in [0, 0.05) is 19.8 Å². The molecule has 0 saturated carbocycles. The molecule has 2 saturated heterocycles. The molecule has 6 nitrogen and oxygen atoms in total. The zero-order valence-corrected chi connectivity index (χ0v) is 12.7. The second-order valence-electron chi connectivity index (χ2n) is 6.24. The van der Waals surface area contributed by atoms with E-state index in [1.165, 1.54) is 0 Å². The fraction of sp³-hybridized carbons (Fsp3) is 0.867. The molecule has 0 aromatic heterocycles. The van der Waals surface area contributed by atoms with Gasteiger partial charge in [-0.3, -0.25) is 9.59 Å².